The van der Waals surface area contributed by atoms with Crippen LogP contribution in [0.15, 0.2) is 11.6 Å². The summed E-state index contributed by atoms with van der Waals surface area (Å²) in [7, 11) is 0. The van der Waals surface area contributed by atoms with E-state index >= 15 is 0 Å². The number of aromatic nitrogens is 1. The van der Waals surface area contributed by atoms with Gasteiger partial charge in [-0.15, -0.1) is 11.3 Å². The van der Waals surface area contributed by atoms with Crippen molar-refractivity contribution in [3.63, 3.8) is 0 Å². The van der Waals surface area contributed by atoms with Gasteiger partial charge in [-0.05, 0) is 12.3 Å². The Balaban J connectivity index is 1.98. The van der Waals surface area contributed by atoms with Gasteiger partial charge < -0.3 is 10.0 Å². The van der Waals surface area contributed by atoms with Crippen molar-refractivity contribution >= 4 is 23.2 Å². The molecule has 0 aliphatic heterocycles. The molecule has 6 heteroatoms. The molecule has 1 heterocycles. The summed E-state index contributed by atoms with van der Waals surface area (Å²) in [5.74, 6) is -1.86. The predicted molar refractivity (Wildman–Crippen MR) is 76.5 cm³/mol. The fraction of sp³-hybridized carbons (Fsp3) is 0.643. The second kappa shape index (κ2) is 5.52. The first-order valence-corrected chi connectivity index (χ1v) is 7.67. The molecule has 0 radical (unpaired) electrons. The van der Waals surface area contributed by atoms with Gasteiger partial charge >= 0.3 is 5.97 Å². The van der Waals surface area contributed by atoms with Crippen molar-refractivity contribution in [1.82, 2.24) is 9.88 Å². The molecule has 2 atom stereocenters. The zero-order valence-corrected chi connectivity index (χ0v) is 12.8. The topological polar surface area (TPSA) is 70.5 Å². The van der Waals surface area contributed by atoms with Gasteiger partial charge in [0.05, 0.1) is 16.8 Å². The van der Waals surface area contributed by atoms with Crippen LogP contribution in [0, 0.1) is 17.3 Å². The number of aliphatic carboxylic acids is 1. The van der Waals surface area contributed by atoms with Gasteiger partial charge in [-0.25, -0.2) is 4.98 Å². The molecule has 2 rings (SSSR count). The Kier molecular flexibility index (Phi) is 4.13. The van der Waals surface area contributed by atoms with Crippen LogP contribution in [0.1, 0.15) is 25.8 Å². The lowest BCUT2D eigenvalue weighted by molar-refractivity contribution is -0.142. The van der Waals surface area contributed by atoms with Gasteiger partial charge in [0, 0.05) is 31.1 Å². The molecule has 1 aliphatic carbocycles. The first-order chi connectivity index (χ1) is 9.39. The number of carbonyl (C=O) groups excluding carboxylic acids is 1. The van der Waals surface area contributed by atoms with E-state index in [0.717, 1.165) is 11.4 Å². The predicted octanol–water partition coefficient (Wildman–Crippen LogP) is 1.89. The Morgan fingerprint density at radius 1 is 1.45 bits per heavy atom. The number of carbonyl (C=O) groups is 2. The van der Waals surface area contributed by atoms with Crippen molar-refractivity contribution < 1.29 is 14.7 Å². The molecule has 1 aromatic heterocycles. The number of carboxylic acids is 1. The van der Waals surface area contributed by atoms with Gasteiger partial charge in [0.2, 0.25) is 5.91 Å². The largest absolute Gasteiger partial charge is 0.481 e. The maximum Gasteiger partial charge on any atom is 0.307 e. The van der Waals surface area contributed by atoms with Gasteiger partial charge in [-0.1, -0.05) is 13.8 Å². The van der Waals surface area contributed by atoms with Gasteiger partial charge in [0.25, 0.3) is 0 Å². The normalized spacial score (nSPS) is 23.4. The number of likely N-dealkylation sites (N-methyl/N-ethyl adjacent to an activating group) is 1. The lowest BCUT2D eigenvalue weighted by Gasteiger charge is -2.21. The summed E-state index contributed by atoms with van der Waals surface area (Å²) in [6, 6.07) is 0. The molecule has 1 fully saturated rings. The minimum Gasteiger partial charge on any atom is -0.481 e. The van der Waals surface area contributed by atoms with Crippen molar-refractivity contribution in [2.24, 2.45) is 17.3 Å². The average Bonchev–Trinajstić information content (AvgIpc) is 2.76. The highest BCUT2D eigenvalue weighted by atomic mass is 32.1. The molecule has 0 unspecified atom stereocenters. The molecule has 110 valence electrons. The zero-order valence-electron chi connectivity index (χ0n) is 12.0. The van der Waals surface area contributed by atoms with Gasteiger partial charge in [-0.2, -0.15) is 0 Å². The Hall–Kier alpha value is -1.43. The highest BCUT2D eigenvalue weighted by Gasteiger charge is 2.66. The van der Waals surface area contributed by atoms with Crippen molar-refractivity contribution in [3.8, 4) is 0 Å². The zero-order chi connectivity index (χ0) is 14.9. The maximum atomic E-state index is 12.5. The number of rotatable bonds is 6. The number of hydrogen-bond acceptors (Lipinski definition) is 4. The van der Waals surface area contributed by atoms with E-state index in [1.54, 1.807) is 22.4 Å². The molecule has 5 nitrogen and oxygen atoms in total. The number of amides is 1. The van der Waals surface area contributed by atoms with Crippen LogP contribution >= 0.6 is 11.3 Å². The lowest BCUT2D eigenvalue weighted by Crippen LogP contribution is -2.35. The van der Waals surface area contributed by atoms with Crippen LogP contribution in [0.2, 0.25) is 0 Å². The summed E-state index contributed by atoms with van der Waals surface area (Å²) >= 11 is 1.57. The number of nitrogens with zero attached hydrogens (tertiary/aromatic N) is 2. The Morgan fingerprint density at radius 3 is 2.60 bits per heavy atom. The minimum absolute atomic E-state index is 0.0403. The van der Waals surface area contributed by atoms with Crippen LogP contribution < -0.4 is 0 Å². The summed E-state index contributed by atoms with van der Waals surface area (Å²) in [6.07, 6.45) is 2.48. The Bertz CT molecular complexity index is 499. The quantitative estimate of drug-likeness (QED) is 0.870. The Labute approximate surface area is 122 Å². The molecule has 1 saturated carbocycles. The number of carboxylic acid groups (broad SMARTS) is 1. The summed E-state index contributed by atoms with van der Waals surface area (Å²) < 4.78 is 0. The summed E-state index contributed by atoms with van der Waals surface area (Å²) in [5.41, 5.74) is -0.433. The second-order valence-electron chi connectivity index (χ2n) is 5.71. The van der Waals surface area contributed by atoms with E-state index in [1.807, 2.05) is 26.2 Å². The van der Waals surface area contributed by atoms with Crippen molar-refractivity contribution in [1.29, 1.82) is 0 Å². The van der Waals surface area contributed by atoms with Crippen LogP contribution in [0.5, 0.6) is 0 Å². The van der Waals surface area contributed by atoms with Crippen molar-refractivity contribution in [3.05, 3.63) is 16.6 Å². The fourth-order valence-electron chi connectivity index (χ4n) is 2.79. The fourth-order valence-corrected chi connectivity index (χ4v) is 3.40. The highest BCUT2D eigenvalue weighted by molar-refractivity contribution is 7.09. The molecule has 0 aromatic carbocycles. The Morgan fingerprint density at radius 2 is 2.15 bits per heavy atom. The molecule has 1 aromatic rings. The van der Waals surface area contributed by atoms with E-state index in [2.05, 4.69) is 4.98 Å². The molecular weight excluding hydrogens is 276 g/mol. The monoisotopic (exact) mass is 296 g/mol. The molecule has 0 spiro atoms. The highest BCUT2D eigenvalue weighted by Crippen LogP contribution is 2.59. The molecule has 1 aliphatic rings. The van der Waals surface area contributed by atoms with E-state index in [9.17, 15) is 9.59 Å². The van der Waals surface area contributed by atoms with E-state index in [0.29, 0.717) is 13.1 Å². The second-order valence-corrected chi connectivity index (χ2v) is 6.69. The van der Waals surface area contributed by atoms with Crippen LogP contribution in [0.4, 0.5) is 0 Å². The first-order valence-electron chi connectivity index (χ1n) is 6.79. The molecule has 1 amide bonds. The number of hydrogen-bond donors (Lipinski definition) is 1. The standard InChI is InChI=1S/C14H20N2O3S/c1-4-16(7-5-9-15-6-8-20-9)12(17)10-11(13(18)19)14(10,2)3/h6,8,10-11H,4-5,7H2,1-3H3,(H,18,19)/t10-,11+/m0/s1. The van der Waals surface area contributed by atoms with E-state index in [-0.39, 0.29) is 5.91 Å². The van der Waals surface area contributed by atoms with E-state index < -0.39 is 23.2 Å². The number of thiazole rings is 1. The first kappa shape index (κ1) is 15.0. The van der Waals surface area contributed by atoms with E-state index in [1.165, 1.54) is 0 Å². The minimum atomic E-state index is -0.871. The van der Waals surface area contributed by atoms with Gasteiger partial charge in [0.1, 0.15) is 0 Å². The molecule has 20 heavy (non-hydrogen) atoms. The van der Waals surface area contributed by atoms with Crippen LogP contribution in [0.3, 0.4) is 0 Å². The van der Waals surface area contributed by atoms with Crippen molar-refractivity contribution in [2.45, 2.75) is 27.2 Å². The van der Waals surface area contributed by atoms with Gasteiger partial charge in [0.15, 0.2) is 0 Å². The van der Waals surface area contributed by atoms with Crippen LogP contribution in [-0.4, -0.2) is 40.0 Å². The average molecular weight is 296 g/mol. The molecule has 1 N–H and O–H groups in total. The molecule has 0 saturated heterocycles. The summed E-state index contributed by atoms with van der Waals surface area (Å²) in [6.45, 7) is 6.82. The maximum absolute atomic E-state index is 12.5. The van der Waals surface area contributed by atoms with E-state index in [4.69, 9.17) is 5.11 Å². The van der Waals surface area contributed by atoms with Crippen LogP contribution in [-0.2, 0) is 16.0 Å². The third-order valence-electron chi connectivity index (χ3n) is 4.13. The molecule has 0 bridgehead atoms. The smallest absolute Gasteiger partial charge is 0.307 e. The van der Waals surface area contributed by atoms with Gasteiger partial charge in [-0.3, -0.25) is 9.59 Å². The third kappa shape index (κ3) is 2.70. The summed E-state index contributed by atoms with van der Waals surface area (Å²) in [5, 5.41) is 12.1. The summed E-state index contributed by atoms with van der Waals surface area (Å²) in [4.78, 5) is 29.6. The SMILES string of the molecule is CCN(CCc1nccs1)C(=O)[C@@H]1[C@H](C(=O)O)C1(C)C. The van der Waals surface area contributed by atoms with Crippen molar-refractivity contribution in [2.75, 3.05) is 13.1 Å². The molecular formula is C14H20N2O3S. The third-order valence-corrected chi connectivity index (χ3v) is 4.97. The lowest BCUT2D eigenvalue weighted by atomic mass is 10.1. The van der Waals surface area contributed by atoms with Crippen LogP contribution in [0.25, 0.3) is 0 Å².